The summed E-state index contributed by atoms with van der Waals surface area (Å²) in [5.41, 5.74) is 0. The molecule has 1 unspecified atom stereocenters. The number of rotatable bonds is 5. The largest absolute Gasteiger partial charge is 0.355 e. The number of hydrogen-bond acceptors (Lipinski definition) is 4. The molecular formula is C13H26N2O2. The van der Waals surface area contributed by atoms with Crippen molar-refractivity contribution in [3.63, 3.8) is 0 Å². The van der Waals surface area contributed by atoms with Gasteiger partial charge >= 0.3 is 0 Å². The Morgan fingerprint density at radius 3 is 2.71 bits per heavy atom. The van der Waals surface area contributed by atoms with E-state index in [1.807, 2.05) is 0 Å². The Labute approximate surface area is 105 Å². The van der Waals surface area contributed by atoms with Crippen molar-refractivity contribution < 1.29 is 9.47 Å². The molecule has 2 saturated heterocycles. The quantitative estimate of drug-likeness (QED) is 0.786. The van der Waals surface area contributed by atoms with Crippen LogP contribution in [0.1, 0.15) is 32.6 Å². The van der Waals surface area contributed by atoms with E-state index >= 15 is 0 Å². The average Bonchev–Trinajstić information content (AvgIpc) is 2.40. The molecule has 2 fully saturated rings. The van der Waals surface area contributed by atoms with Crippen LogP contribution >= 0.6 is 0 Å². The van der Waals surface area contributed by atoms with Crippen LogP contribution < -0.4 is 5.32 Å². The molecule has 0 aromatic carbocycles. The van der Waals surface area contributed by atoms with Gasteiger partial charge in [0.25, 0.3) is 0 Å². The van der Waals surface area contributed by atoms with Crippen LogP contribution in [0.15, 0.2) is 0 Å². The first-order valence-electron chi connectivity index (χ1n) is 7.03. The molecule has 0 bridgehead atoms. The van der Waals surface area contributed by atoms with E-state index in [2.05, 4.69) is 17.1 Å². The molecule has 0 aliphatic carbocycles. The van der Waals surface area contributed by atoms with Crippen molar-refractivity contribution in [3.8, 4) is 0 Å². The van der Waals surface area contributed by atoms with E-state index in [4.69, 9.17) is 9.47 Å². The summed E-state index contributed by atoms with van der Waals surface area (Å²) in [5.74, 6) is 0. The van der Waals surface area contributed by atoms with Crippen LogP contribution in [0.3, 0.4) is 0 Å². The molecular weight excluding hydrogens is 216 g/mol. The summed E-state index contributed by atoms with van der Waals surface area (Å²) >= 11 is 0. The van der Waals surface area contributed by atoms with Crippen molar-refractivity contribution in [2.45, 2.75) is 44.8 Å². The highest BCUT2D eigenvalue weighted by Gasteiger charge is 2.20. The molecule has 0 aromatic rings. The Morgan fingerprint density at radius 1 is 1.24 bits per heavy atom. The molecule has 4 heteroatoms. The topological polar surface area (TPSA) is 33.7 Å². The van der Waals surface area contributed by atoms with Gasteiger partial charge in [-0.25, -0.2) is 0 Å². The maximum atomic E-state index is 5.53. The highest BCUT2D eigenvalue weighted by Crippen LogP contribution is 2.11. The van der Waals surface area contributed by atoms with Crippen molar-refractivity contribution in [2.24, 2.45) is 0 Å². The lowest BCUT2D eigenvalue weighted by atomic mass is 10.0. The van der Waals surface area contributed by atoms with Crippen LogP contribution in [-0.4, -0.2) is 56.6 Å². The molecule has 2 heterocycles. The average molecular weight is 242 g/mol. The fourth-order valence-electron chi connectivity index (χ4n) is 2.64. The molecule has 4 nitrogen and oxygen atoms in total. The molecule has 0 amide bonds. The number of ether oxygens (including phenoxy) is 2. The second-order valence-electron chi connectivity index (χ2n) is 5.13. The fourth-order valence-corrected chi connectivity index (χ4v) is 2.64. The van der Waals surface area contributed by atoms with Gasteiger partial charge in [0.05, 0.1) is 12.7 Å². The van der Waals surface area contributed by atoms with Gasteiger partial charge in [-0.15, -0.1) is 0 Å². The Morgan fingerprint density at radius 2 is 2.06 bits per heavy atom. The van der Waals surface area contributed by atoms with Crippen LogP contribution in [0, 0.1) is 0 Å². The lowest BCUT2D eigenvalue weighted by molar-refractivity contribution is -0.137. The molecule has 0 aromatic heterocycles. The molecule has 0 saturated carbocycles. The summed E-state index contributed by atoms with van der Waals surface area (Å²) in [6.45, 7) is 8.33. The second kappa shape index (κ2) is 7.31. The van der Waals surface area contributed by atoms with E-state index in [0.717, 1.165) is 19.6 Å². The molecule has 1 N–H and O–H groups in total. The van der Waals surface area contributed by atoms with Crippen molar-refractivity contribution in [1.29, 1.82) is 0 Å². The number of piperidine rings is 1. The molecule has 2 aliphatic rings. The maximum absolute atomic E-state index is 5.53. The first-order valence-corrected chi connectivity index (χ1v) is 7.03. The molecule has 0 spiro atoms. The van der Waals surface area contributed by atoms with Crippen LogP contribution in [0.5, 0.6) is 0 Å². The summed E-state index contributed by atoms with van der Waals surface area (Å²) < 4.78 is 10.7. The number of nitrogens with one attached hydrogen (secondary N) is 1. The molecule has 0 radical (unpaired) electrons. The summed E-state index contributed by atoms with van der Waals surface area (Å²) in [6.07, 6.45) is 5.22. The van der Waals surface area contributed by atoms with Gasteiger partial charge in [0.2, 0.25) is 0 Å². The van der Waals surface area contributed by atoms with Crippen molar-refractivity contribution in [1.82, 2.24) is 10.2 Å². The van der Waals surface area contributed by atoms with Gasteiger partial charge in [-0.3, -0.25) is 0 Å². The monoisotopic (exact) mass is 242 g/mol. The molecule has 1 atom stereocenters. The highest BCUT2D eigenvalue weighted by atomic mass is 16.7. The lowest BCUT2D eigenvalue weighted by Crippen LogP contribution is -2.45. The maximum Gasteiger partial charge on any atom is 0.147 e. The fraction of sp³-hybridized carbons (Fsp3) is 1.00. The number of likely N-dealkylation sites (tertiary alicyclic amines) is 1. The SMILES string of the molecule is CCCN1CCC(NCC2CCOCO2)CC1. The zero-order chi connectivity index (χ0) is 11.9. The normalized spacial score (nSPS) is 28.4. The van der Waals surface area contributed by atoms with E-state index in [9.17, 15) is 0 Å². The van der Waals surface area contributed by atoms with E-state index in [0.29, 0.717) is 18.9 Å². The predicted molar refractivity (Wildman–Crippen MR) is 68.1 cm³/mol. The minimum absolute atomic E-state index is 0.359. The minimum atomic E-state index is 0.359. The number of nitrogens with zero attached hydrogens (tertiary/aromatic N) is 1. The Bertz CT molecular complexity index is 200. The zero-order valence-corrected chi connectivity index (χ0v) is 11.0. The van der Waals surface area contributed by atoms with Gasteiger partial charge in [0.15, 0.2) is 0 Å². The first-order chi connectivity index (χ1) is 8.38. The summed E-state index contributed by atoms with van der Waals surface area (Å²) in [6, 6.07) is 0.689. The van der Waals surface area contributed by atoms with E-state index in [1.165, 1.54) is 38.9 Å². The standard InChI is InChI=1S/C13H26N2O2/c1-2-6-15-7-3-12(4-8-15)14-10-13-5-9-16-11-17-13/h12-14H,2-11H2,1H3. The third-order valence-corrected chi connectivity index (χ3v) is 3.73. The van der Waals surface area contributed by atoms with E-state index in [-0.39, 0.29) is 0 Å². The van der Waals surface area contributed by atoms with Crippen LogP contribution in [0.25, 0.3) is 0 Å². The number of hydrogen-bond donors (Lipinski definition) is 1. The van der Waals surface area contributed by atoms with Gasteiger partial charge in [-0.05, 0) is 45.3 Å². The van der Waals surface area contributed by atoms with E-state index in [1.54, 1.807) is 0 Å². The molecule has 2 rings (SSSR count). The van der Waals surface area contributed by atoms with Gasteiger partial charge in [0, 0.05) is 12.6 Å². The van der Waals surface area contributed by atoms with Crippen LogP contribution in [0.4, 0.5) is 0 Å². The first kappa shape index (κ1) is 13.3. The lowest BCUT2D eigenvalue weighted by Gasteiger charge is -2.33. The third kappa shape index (κ3) is 4.54. The highest BCUT2D eigenvalue weighted by molar-refractivity contribution is 4.78. The molecule has 17 heavy (non-hydrogen) atoms. The summed E-state index contributed by atoms with van der Waals surface area (Å²) in [5, 5.41) is 3.65. The molecule has 2 aliphatic heterocycles. The van der Waals surface area contributed by atoms with Crippen molar-refractivity contribution in [3.05, 3.63) is 0 Å². The molecule has 100 valence electrons. The predicted octanol–water partition coefficient (Wildman–Crippen LogP) is 1.21. The van der Waals surface area contributed by atoms with Gasteiger partial charge in [-0.1, -0.05) is 6.92 Å². The van der Waals surface area contributed by atoms with E-state index < -0.39 is 0 Å². The third-order valence-electron chi connectivity index (χ3n) is 3.73. The summed E-state index contributed by atoms with van der Waals surface area (Å²) in [7, 11) is 0. The van der Waals surface area contributed by atoms with Gasteiger partial charge in [0.1, 0.15) is 6.79 Å². The minimum Gasteiger partial charge on any atom is -0.355 e. The summed E-state index contributed by atoms with van der Waals surface area (Å²) in [4.78, 5) is 2.57. The van der Waals surface area contributed by atoms with Crippen LogP contribution in [0.2, 0.25) is 0 Å². The smallest absolute Gasteiger partial charge is 0.147 e. The zero-order valence-electron chi connectivity index (χ0n) is 11.0. The second-order valence-corrected chi connectivity index (χ2v) is 5.13. The Kier molecular flexibility index (Phi) is 5.71. The van der Waals surface area contributed by atoms with Crippen molar-refractivity contribution in [2.75, 3.05) is 39.6 Å². The van der Waals surface area contributed by atoms with Crippen LogP contribution in [-0.2, 0) is 9.47 Å². The Hall–Kier alpha value is -0.160. The Balaban J connectivity index is 1.57. The van der Waals surface area contributed by atoms with Crippen molar-refractivity contribution >= 4 is 0 Å². The van der Waals surface area contributed by atoms with Gasteiger partial charge in [-0.2, -0.15) is 0 Å². The van der Waals surface area contributed by atoms with Gasteiger partial charge < -0.3 is 19.7 Å².